The van der Waals surface area contributed by atoms with E-state index in [-0.39, 0.29) is 12.5 Å². The highest BCUT2D eigenvalue weighted by molar-refractivity contribution is 5.84. The van der Waals surface area contributed by atoms with Gasteiger partial charge in [-0.25, -0.2) is 4.99 Å². The number of likely N-dealkylation sites (N-methyl/N-ethyl adjacent to an activating group) is 1. The number of hydrogen-bond donors (Lipinski definition) is 2. The largest absolute Gasteiger partial charge is 0.496 e. The number of hydrogen-bond acceptors (Lipinski definition) is 3. The molecule has 0 atom stereocenters. The second-order valence-electron chi connectivity index (χ2n) is 5.87. The third kappa shape index (κ3) is 6.89. The fraction of sp³-hybridized carbons (Fsp3) is 0.556. The first-order valence-corrected chi connectivity index (χ1v) is 8.33. The van der Waals surface area contributed by atoms with Gasteiger partial charge in [-0.05, 0) is 31.4 Å². The summed E-state index contributed by atoms with van der Waals surface area (Å²) in [6, 6.07) is 6.16. The zero-order valence-corrected chi connectivity index (χ0v) is 15.5. The highest BCUT2D eigenvalue weighted by Crippen LogP contribution is 2.19. The molecule has 24 heavy (non-hydrogen) atoms. The summed E-state index contributed by atoms with van der Waals surface area (Å²) in [6.07, 6.45) is 1.81. The molecule has 0 saturated carbocycles. The minimum Gasteiger partial charge on any atom is -0.496 e. The van der Waals surface area contributed by atoms with Gasteiger partial charge in [-0.1, -0.05) is 24.6 Å². The van der Waals surface area contributed by atoms with Crippen molar-refractivity contribution in [1.29, 1.82) is 0 Å². The van der Waals surface area contributed by atoms with Crippen molar-refractivity contribution in [2.45, 2.75) is 26.7 Å². The summed E-state index contributed by atoms with van der Waals surface area (Å²) in [6.45, 7) is 5.83. The van der Waals surface area contributed by atoms with Crippen LogP contribution in [-0.2, 0) is 11.2 Å². The molecule has 6 heteroatoms. The molecule has 0 heterocycles. The average Bonchev–Trinajstić information content (AvgIpc) is 2.56. The normalized spacial score (nSPS) is 11.1. The van der Waals surface area contributed by atoms with E-state index in [9.17, 15) is 4.79 Å². The zero-order valence-electron chi connectivity index (χ0n) is 15.5. The van der Waals surface area contributed by atoms with E-state index in [1.54, 1.807) is 26.1 Å². The van der Waals surface area contributed by atoms with Crippen molar-refractivity contribution in [3.05, 3.63) is 29.3 Å². The van der Waals surface area contributed by atoms with E-state index in [0.29, 0.717) is 12.5 Å². The number of aliphatic imine (C=N–C) groups is 1. The van der Waals surface area contributed by atoms with Gasteiger partial charge >= 0.3 is 0 Å². The first-order valence-electron chi connectivity index (χ1n) is 8.33. The first-order chi connectivity index (χ1) is 11.5. The standard InChI is InChI=1S/C18H30N4O2/c1-6-10-19-18(21-13-17(23)22(3)4)20-11-9-15-12-14(2)7-8-16(15)24-5/h7-8,12H,6,9-11,13H2,1-5H3,(H2,19,20,21). The molecule has 0 aliphatic heterocycles. The van der Waals surface area contributed by atoms with Crippen molar-refractivity contribution in [3.63, 3.8) is 0 Å². The second kappa shape index (κ2) is 10.5. The molecule has 0 radical (unpaired) electrons. The molecule has 0 spiro atoms. The second-order valence-corrected chi connectivity index (χ2v) is 5.87. The smallest absolute Gasteiger partial charge is 0.243 e. The molecule has 134 valence electrons. The van der Waals surface area contributed by atoms with Gasteiger partial charge in [0.2, 0.25) is 5.91 Å². The Balaban J connectivity index is 2.63. The van der Waals surface area contributed by atoms with Gasteiger partial charge in [0.15, 0.2) is 5.96 Å². The van der Waals surface area contributed by atoms with Gasteiger partial charge in [0.1, 0.15) is 12.3 Å². The van der Waals surface area contributed by atoms with E-state index in [1.165, 1.54) is 5.56 Å². The monoisotopic (exact) mass is 334 g/mol. The van der Waals surface area contributed by atoms with Crippen molar-refractivity contribution in [3.8, 4) is 5.75 Å². The molecule has 0 aromatic heterocycles. The van der Waals surface area contributed by atoms with Crippen LogP contribution in [0.15, 0.2) is 23.2 Å². The number of amides is 1. The number of benzene rings is 1. The van der Waals surface area contributed by atoms with Crippen LogP contribution in [0.25, 0.3) is 0 Å². The van der Waals surface area contributed by atoms with Gasteiger partial charge in [-0.15, -0.1) is 0 Å². The zero-order chi connectivity index (χ0) is 17.9. The molecule has 0 aliphatic rings. The SMILES string of the molecule is CCCNC(=NCC(=O)N(C)C)NCCc1cc(C)ccc1OC. The predicted molar refractivity (Wildman–Crippen MR) is 98.7 cm³/mol. The Labute approximate surface area is 145 Å². The van der Waals surface area contributed by atoms with Crippen molar-refractivity contribution < 1.29 is 9.53 Å². The molecule has 6 nitrogen and oxygen atoms in total. The molecule has 0 bridgehead atoms. The Hall–Kier alpha value is -2.24. The lowest BCUT2D eigenvalue weighted by Crippen LogP contribution is -2.39. The molecule has 0 saturated heterocycles. The van der Waals surface area contributed by atoms with Crippen LogP contribution in [0, 0.1) is 6.92 Å². The van der Waals surface area contributed by atoms with Gasteiger partial charge in [0.25, 0.3) is 0 Å². The number of nitrogens with zero attached hydrogens (tertiary/aromatic N) is 2. The van der Waals surface area contributed by atoms with Gasteiger partial charge in [-0.2, -0.15) is 0 Å². The molecule has 1 aromatic rings. The van der Waals surface area contributed by atoms with Crippen LogP contribution in [0.3, 0.4) is 0 Å². The summed E-state index contributed by atoms with van der Waals surface area (Å²) < 4.78 is 5.40. The summed E-state index contributed by atoms with van der Waals surface area (Å²) in [4.78, 5) is 17.6. The third-order valence-corrected chi connectivity index (χ3v) is 3.54. The predicted octanol–water partition coefficient (Wildman–Crippen LogP) is 1.58. The van der Waals surface area contributed by atoms with E-state index in [0.717, 1.165) is 30.7 Å². The lowest BCUT2D eigenvalue weighted by molar-refractivity contribution is -0.127. The highest BCUT2D eigenvalue weighted by atomic mass is 16.5. The maximum atomic E-state index is 11.7. The fourth-order valence-electron chi connectivity index (χ4n) is 2.12. The molecule has 1 amide bonds. The van der Waals surface area contributed by atoms with E-state index >= 15 is 0 Å². The van der Waals surface area contributed by atoms with Crippen LogP contribution < -0.4 is 15.4 Å². The fourth-order valence-corrected chi connectivity index (χ4v) is 2.12. The van der Waals surface area contributed by atoms with Crippen molar-refractivity contribution in [2.75, 3.05) is 40.8 Å². The quantitative estimate of drug-likeness (QED) is 0.560. The highest BCUT2D eigenvalue weighted by Gasteiger charge is 2.06. The average molecular weight is 334 g/mol. The van der Waals surface area contributed by atoms with Crippen molar-refractivity contribution in [2.24, 2.45) is 4.99 Å². The number of guanidine groups is 1. The Morgan fingerprint density at radius 3 is 2.58 bits per heavy atom. The summed E-state index contributed by atoms with van der Waals surface area (Å²) in [5.41, 5.74) is 2.37. The van der Waals surface area contributed by atoms with Crippen LogP contribution in [0.5, 0.6) is 5.75 Å². The summed E-state index contributed by atoms with van der Waals surface area (Å²) in [5, 5.41) is 6.51. The van der Waals surface area contributed by atoms with Crippen LogP contribution in [0.1, 0.15) is 24.5 Å². The van der Waals surface area contributed by atoms with E-state index in [1.807, 2.05) is 12.1 Å². The number of ether oxygens (including phenoxy) is 1. The molecule has 0 aliphatic carbocycles. The number of methoxy groups -OCH3 is 1. The first kappa shape index (κ1) is 19.8. The Kier molecular flexibility index (Phi) is 8.68. The van der Waals surface area contributed by atoms with Crippen LogP contribution in [0.2, 0.25) is 0 Å². The van der Waals surface area contributed by atoms with Crippen molar-refractivity contribution in [1.82, 2.24) is 15.5 Å². The minimum absolute atomic E-state index is 0.0204. The molecular formula is C18H30N4O2. The number of rotatable bonds is 8. The molecular weight excluding hydrogens is 304 g/mol. The van der Waals surface area contributed by atoms with E-state index in [2.05, 4.69) is 35.5 Å². The Morgan fingerprint density at radius 1 is 1.25 bits per heavy atom. The van der Waals surface area contributed by atoms with Gasteiger partial charge in [0.05, 0.1) is 7.11 Å². The third-order valence-electron chi connectivity index (χ3n) is 3.54. The number of carbonyl (C=O) groups is 1. The lowest BCUT2D eigenvalue weighted by atomic mass is 10.1. The Bertz CT molecular complexity index is 556. The van der Waals surface area contributed by atoms with Crippen LogP contribution >= 0.6 is 0 Å². The summed E-state index contributed by atoms with van der Waals surface area (Å²) in [5.74, 6) is 1.54. The molecule has 0 fully saturated rings. The van der Waals surface area contributed by atoms with Crippen LogP contribution in [-0.4, -0.2) is 57.6 Å². The van der Waals surface area contributed by atoms with Crippen LogP contribution in [0.4, 0.5) is 0 Å². The number of nitrogens with one attached hydrogen (secondary N) is 2. The number of aryl methyl sites for hydroxylation is 1. The van der Waals surface area contributed by atoms with E-state index in [4.69, 9.17) is 4.74 Å². The van der Waals surface area contributed by atoms with Gasteiger partial charge in [-0.3, -0.25) is 4.79 Å². The molecule has 2 N–H and O–H groups in total. The van der Waals surface area contributed by atoms with Gasteiger partial charge < -0.3 is 20.3 Å². The topological polar surface area (TPSA) is 66.0 Å². The molecule has 0 unspecified atom stereocenters. The van der Waals surface area contributed by atoms with Gasteiger partial charge in [0, 0.05) is 27.2 Å². The lowest BCUT2D eigenvalue weighted by Gasteiger charge is -2.14. The maximum absolute atomic E-state index is 11.7. The molecule has 1 aromatic carbocycles. The Morgan fingerprint density at radius 2 is 1.96 bits per heavy atom. The molecule has 1 rings (SSSR count). The van der Waals surface area contributed by atoms with Crippen molar-refractivity contribution >= 4 is 11.9 Å². The minimum atomic E-state index is -0.0204. The number of carbonyl (C=O) groups excluding carboxylic acids is 1. The maximum Gasteiger partial charge on any atom is 0.243 e. The van der Waals surface area contributed by atoms with E-state index < -0.39 is 0 Å². The summed E-state index contributed by atoms with van der Waals surface area (Å²) in [7, 11) is 5.15. The summed E-state index contributed by atoms with van der Waals surface area (Å²) >= 11 is 0.